The molecule has 96 valence electrons. The minimum absolute atomic E-state index is 0.110. The van der Waals surface area contributed by atoms with Gasteiger partial charge >= 0.3 is 5.97 Å². The zero-order chi connectivity index (χ0) is 13.1. The van der Waals surface area contributed by atoms with Crippen LogP contribution in [0.3, 0.4) is 0 Å². The molecule has 0 spiro atoms. The SMILES string of the molecule is CC(=O)N1CCC[C@H](c2ccccc2)[C@H]1C(=O)O. The topological polar surface area (TPSA) is 57.6 Å². The Bertz CT molecular complexity index is 444. The van der Waals surface area contributed by atoms with Crippen LogP contribution in [-0.4, -0.2) is 34.5 Å². The number of piperidine rings is 1. The van der Waals surface area contributed by atoms with Crippen LogP contribution in [0.5, 0.6) is 0 Å². The number of rotatable bonds is 2. The predicted octanol–water partition coefficient (Wildman–Crippen LogP) is 1.87. The Morgan fingerprint density at radius 1 is 1.28 bits per heavy atom. The molecule has 1 N–H and O–H groups in total. The molecule has 0 aromatic heterocycles. The third-order valence-electron chi connectivity index (χ3n) is 3.52. The van der Waals surface area contributed by atoms with E-state index >= 15 is 0 Å². The van der Waals surface area contributed by atoms with Gasteiger partial charge < -0.3 is 10.0 Å². The second kappa shape index (κ2) is 5.21. The van der Waals surface area contributed by atoms with Gasteiger partial charge in [-0.25, -0.2) is 4.79 Å². The van der Waals surface area contributed by atoms with E-state index in [0.717, 1.165) is 18.4 Å². The number of nitrogens with zero attached hydrogens (tertiary/aromatic N) is 1. The number of aliphatic carboxylic acids is 1. The van der Waals surface area contributed by atoms with E-state index in [1.54, 1.807) is 0 Å². The van der Waals surface area contributed by atoms with Crippen molar-refractivity contribution in [2.24, 2.45) is 0 Å². The molecule has 1 aromatic rings. The molecule has 1 aliphatic heterocycles. The van der Waals surface area contributed by atoms with Crippen molar-refractivity contribution in [2.75, 3.05) is 6.54 Å². The largest absolute Gasteiger partial charge is 0.480 e. The summed E-state index contributed by atoms with van der Waals surface area (Å²) >= 11 is 0. The summed E-state index contributed by atoms with van der Waals surface area (Å²) in [5.41, 5.74) is 0.996. The highest BCUT2D eigenvalue weighted by atomic mass is 16.4. The molecule has 1 fully saturated rings. The molecule has 0 bridgehead atoms. The molecule has 1 saturated heterocycles. The molecule has 1 heterocycles. The molecule has 1 amide bonds. The number of hydrogen-bond donors (Lipinski definition) is 1. The molecule has 1 aliphatic rings. The molecule has 1 aromatic carbocycles. The number of benzene rings is 1. The molecule has 0 radical (unpaired) electrons. The monoisotopic (exact) mass is 247 g/mol. The van der Waals surface area contributed by atoms with E-state index in [9.17, 15) is 14.7 Å². The van der Waals surface area contributed by atoms with Crippen LogP contribution in [0.15, 0.2) is 30.3 Å². The van der Waals surface area contributed by atoms with E-state index < -0.39 is 12.0 Å². The van der Waals surface area contributed by atoms with Gasteiger partial charge in [0.05, 0.1) is 0 Å². The van der Waals surface area contributed by atoms with E-state index in [1.807, 2.05) is 30.3 Å². The number of hydrogen-bond acceptors (Lipinski definition) is 2. The Kier molecular flexibility index (Phi) is 3.65. The van der Waals surface area contributed by atoms with Gasteiger partial charge in [-0.15, -0.1) is 0 Å². The fourth-order valence-electron chi connectivity index (χ4n) is 2.70. The first-order chi connectivity index (χ1) is 8.61. The summed E-state index contributed by atoms with van der Waals surface area (Å²) in [6.45, 7) is 1.97. The molecule has 0 saturated carbocycles. The number of likely N-dealkylation sites (tertiary alicyclic amines) is 1. The molecule has 4 nitrogen and oxygen atoms in total. The third kappa shape index (κ3) is 2.37. The van der Waals surface area contributed by atoms with Crippen molar-refractivity contribution >= 4 is 11.9 Å². The Hall–Kier alpha value is -1.84. The van der Waals surface area contributed by atoms with Crippen LogP contribution in [0.2, 0.25) is 0 Å². The summed E-state index contributed by atoms with van der Waals surface area (Å²) in [5.74, 6) is -1.19. The van der Waals surface area contributed by atoms with Crippen molar-refractivity contribution in [3.63, 3.8) is 0 Å². The van der Waals surface area contributed by atoms with E-state index in [4.69, 9.17) is 0 Å². The van der Waals surface area contributed by atoms with Crippen molar-refractivity contribution in [2.45, 2.75) is 31.7 Å². The second-order valence-corrected chi connectivity index (χ2v) is 4.65. The van der Waals surface area contributed by atoms with Gasteiger partial charge in [0, 0.05) is 19.4 Å². The minimum Gasteiger partial charge on any atom is -0.480 e. The van der Waals surface area contributed by atoms with E-state index in [-0.39, 0.29) is 11.8 Å². The lowest BCUT2D eigenvalue weighted by atomic mass is 9.83. The lowest BCUT2D eigenvalue weighted by Crippen LogP contribution is -2.50. The van der Waals surface area contributed by atoms with Crippen molar-refractivity contribution in [3.8, 4) is 0 Å². The standard InChI is InChI=1S/C14H17NO3/c1-10(16)15-9-5-8-12(13(15)14(17)18)11-6-3-2-4-7-11/h2-4,6-7,12-13H,5,8-9H2,1H3,(H,17,18)/t12-,13+/m1/s1. The zero-order valence-electron chi connectivity index (χ0n) is 10.4. The van der Waals surface area contributed by atoms with Crippen LogP contribution in [0, 0.1) is 0 Å². The molecule has 0 unspecified atom stereocenters. The Balaban J connectivity index is 2.33. The van der Waals surface area contributed by atoms with Gasteiger partial charge in [0.25, 0.3) is 0 Å². The van der Waals surface area contributed by atoms with Gasteiger partial charge in [-0.2, -0.15) is 0 Å². The van der Waals surface area contributed by atoms with Gasteiger partial charge in [-0.3, -0.25) is 4.79 Å². The summed E-state index contributed by atoms with van der Waals surface area (Å²) in [5, 5.41) is 9.40. The summed E-state index contributed by atoms with van der Waals surface area (Å²) in [4.78, 5) is 24.5. The maximum Gasteiger partial charge on any atom is 0.327 e. The molecular formula is C14H17NO3. The average molecular weight is 247 g/mol. The van der Waals surface area contributed by atoms with E-state index in [2.05, 4.69) is 0 Å². The maximum absolute atomic E-state index is 11.6. The Morgan fingerprint density at radius 2 is 1.94 bits per heavy atom. The summed E-state index contributed by atoms with van der Waals surface area (Å²) in [6, 6.07) is 8.85. The molecule has 0 aliphatic carbocycles. The molecular weight excluding hydrogens is 230 g/mol. The summed E-state index contributed by atoms with van der Waals surface area (Å²) < 4.78 is 0. The summed E-state index contributed by atoms with van der Waals surface area (Å²) in [7, 11) is 0. The van der Waals surface area contributed by atoms with Crippen molar-refractivity contribution in [1.29, 1.82) is 0 Å². The van der Waals surface area contributed by atoms with Crippen molar-refractivity contribution in [1.82, 2.24) is 4.90 Å². The van der Waals surface area contributed by atoms with Crippen LogP contribution >= 0.6 is 0 Å². The normalized spacial score (nSPS) is 23.7. The fourth-order valence-corrected chi connectivity index (χ4v) is 2.70. The third-order valence-corrected chi connectivity index (χ3v) is 3.52. The lowest BCUT2D eigenvalue weighted by molar-refractivity contribution is -0.152. The number of carboxylic acid groups (broad SMARTS) is 1. The maximum atomic E-state index is 11.6. The fraction of sp³-hybridized carbons (Fsp3) is 0.429. The quantitative estimate of drug-likeness (QED) is 0.868. The van der Waals surface area contributed by atoms with Crippen LogP contribution in [0.25, 0.3) is 0 Å². The Morgan fingerprint density at radius 3 is 2.50 bits per heavy atom. The first-order valence-corrected chi connectivity index (χ1v) is 6.16. The number of carbonyl (C=O) groups excluding carboxylic acids is 1. The number of carboxylic acids is 1. The molecule has 18 heavy (non-hydrogen) atoms. The predicted molar refractivity (Wildman–Crippen MR) is 67.2 cm³/mol. The van der Waals surface area contributed by atoms with E-state index in [0.29, 0.717) is 6.54 Å². The van der Waals surface area contributed by atoms with Gasteiger partial charge in [0.2, 0.25) is 5.91 Å². The van der Waals surface area contributed by atoms with Crippen LogP contribution < -0.4 is 0 Å². The molecule has 2 rings (SSSR count). The minimum atomic E-state index is -0.918. The van der Waals surface area contributed by atoms with Gasteiger partial charge in [0.15, 0.2) is 0 Å². The zero-order valence-corrected chi connectivity index (χ0v) is 10.4. The average Bonchev–Trinajstić information content (AvgIpc) is 2.38. The van der Waals surface area contributed by atoms with Gasteiger partial charge in [-0.1, -0.05) is 30.3 Å². The van der Waals surface area contributed by atoms with Gasteiger partial charge in [-0.05, 0) is 18.4 Å². The van der Waals surface area contributed by atoms with Gasteiger partial charge in [0.1, 0.15) is 6.04 Å². The Labute approximate surface area is 106 Å². The lowest BCUT2D eigenvalue weighted by Gasteiger charge is -2.38. The highest BCUT2D eigenvalue weighted by molar-refractivity contribution is 5.83. The van der Waals surface area contributed by atoms with Crippen LogP contribution in [0.4, 0.5) is 0 Å². The van der Waals surface area contributed by atoms with Crippen LogP contribution in [0.1, 0.15) is 31.2 Å². The van der Waals surface area contributed by atoms with E-state index in [1.165, 1.54) is 11.8 Å². The first kappa shape index (κ1) is 12.6. The molecule has 4 heteroatoms. The number of carbonyl (C=O) groups is 2. The highest BCUT2D eigenvalue weighted by Crippen LogP contribution is 2.32. The number of amides is 1. The highest BCUT2D eigenvalue weighted by Gasteiger charge is 2.38. The summed E-state index contributed by atoms with van der Waals surface area (Å²) in [6.07, 6.45) is 1.66. The van der Waals surface area contributed by atoms with Crippen molar-refractivity contribution in [3.05, 3.63) is 35.9 Å². The second-order valence-electron chi connectivity index (χ2n) is 4.65. The van der Waals surface area contributed by atoms with Crippen molar-refractivity contribution < 1.29 is 14.7 Å². The molecule has 2 atom stereocenters. The smallest absolute Gasteiger partial charge is 0.327 e. The first-order valence-electron chi connectivity index (χ1n) is 6.16. The van der Waals surface area contributed by atoms with Crippen LogP contribution in [-0.2, 0) is 9.59 Å².